The summed E-state index contributed by atoms with van der Waals surface area (Å²) in [7, 11) is 1.77. The molecule has 1 N–H and O–H groups in total. The fourth-order valence-electron chi connectivity index (χ4n) is 3.76. The fourth-order valence-corrected chi connectivity index (χ4v) is 3.76. The van der Waals surface area contributed by atoms with E-state index in [-0.39, 0.29) is 24.0 Å². The monoisotopic (exact) mass is 375 g/mol. The van der Waals surface area contributed by atoms with E-state index in [2.05, 4.69) is 4.98 Å². The summed E-state index contributed by atoms with van der Waals surface area (Å²) in [5.74, 6) is -0.449. The molecule has 142 valence electrons. The molecule has 0 aliphatic carbocycles. The van der Waals surface area contributed by atoms with Crippen LogP contribution in [0.3, 0.4) is 0 Å². The second kappa shape index (κ2) is 7.31. The van der Waals surface area contributed by atoms with Crippen LogP contribution in [0.1, 0.15) is 12.0 Å². The predicted molar refractivity (Wildman–Crippen MR) is 107 cm³/mol. The summed E-state index contributed by atoms with van der Waals surface area (Å²) in [5.41, 5.74) is 1.66. The van der Waals surface area contributed by atoms with Gasteiger partial charge in [0, 0.05) is 56.1 Å². The number of carbonyl (C=O) groups is 2. The zero-order valence-electron chi connectivity index (χ0n) is 15.6. The van der Waals surface area contributed by atoms with Gasteiger partial charge in [-0.3, -0.25) is 14.6 Å². The fraction of sp³-hybridized carbons (Fsp3) is 0.227. The minimum Gasteiger partial charge on any atom is -0.508 e. The lowest BCUT2D eigenvalue weighted by Crippen LogP contribution is -2.34. The molecule has 0 radical (unpaired) electrons. The van der Waals surface area contributed by atoms with Gasteiger partial charge >= 0.3 is 0 Å². The highest BCUT2D eigenvalue weighted by Crippen LogP contribution is 2.29. The number of phenols is 1. The minimum absolute atomic E-state index is 0.0536. The number of hydrogen-bond acceptors (Lipinski definition) is 4. The molecule has 0 spiro atoms. The number of fused-ring (bicyclic) bond motifs is 1. The molecule has 4 rings (SSSR count). The molecule has 1 fully saturated rings. The normalized spacial score (nSPS) is 16.5. The Bertz CT molecular complexity index is 1040. The first-order valence-electron chi connectivity index (χ1n) is 9.19. The Labute approximate surface area is 163 Å². The Kier molecular flexibility index (Phi) is 4.69. The molecule has 1 aliphatic heterocycles. The highest BCUT2D eigenvalue weighted by Gasteiger charge is 2.36. The molecule has 1 atom stereocenters. The van der Waals surface area contributed by atoms with Crippen molar-refractivity contribution in [2.75, 3.05) is 18.5 Å². The molecule has 2 amide bonds. The van der Waals surface area contributed by atoms with Crippen LogP contribution in [-0.2, 0) is 16.1 Å². The van der Waals surface area contributed by atoms with Gasteiger partial charge in [-0.1, -0.05) is 24.3 Å². The van der Waals surface area contributed by atoms with E-state index in [9.17, 15) is 14.7 Å². The number of benzene rings is 2. The van der Waals surface area contributed by atoms with Gasteiger partial charge in [0.05, 0.1) is 5.92 Å². The molecule has 1 unspecified atom stereocenters. The number of phenolic OH excluding ortho intramolecular Hbond substituents is 1. The molecule has 6 heteroatoms. The number of carbonyl (C=O) groups excluding carboxylic acids is 2. The average Bonchev–Trinajstić information content (AvgIpc) is 3.09. The molecule has 1 aliphatic rings. The van der Waals surface area contributed by atoms with E-state index in [1.54, 1.807) is 47.3 Å². The molecule has 6 nitrogen and oxygen atoms in total. The van der Waals surface area contributed by atoms with E-state index in [4.69, 9.17) is 0 Å². The SMILES string of the molecule is CN(Cc1cccc2cnccc12)C(=O)C1CC(=O)N(c2cccc(O)c2)C1. The van der Waals surface area contributed by atoms with E-state index in [0.29, 0.717) is 18.8 Å². The maximum absolute atomic E-state index is 13.0. The van der Waals surface area contributed by atoms with Crippen molar-refractivity contribution in [2.24, 2.45) is 5.92 Å². The predicted octanol–water partition coefficient (Wildman–Crippen LogP) is 2.95. The maximum atomic E-state index is 13.0. The molecule has 1 saturated heterocycles. The summed E-state index contributed by atoms with van der Waals surface area (Å²) >= 11 is 0. The first-order chi connectivity index (χ1) is 13.5. The smallest absolute Gasteiger partial charge is 0.228 e. The van der Waals surface area contributed by atoms with Crippen LogP contribution >= 0.6 is 0 Å². The van der Waals surface area contributed by atoms with Gasteiger partial charge in [0.25, 0.3) is 0 Å². The van der Waals surface area contributed by atoms with E-state index in [1.807, 2.05) is 30.5 Å². The Hall–Kier alpha value is -3.41. The van der Waals surface area contributed by atoms with Crippen molar-refractivity contribution in [3.05, 3.63) is 66.5 Å². The van der Waals surface area contributed by atoms with Crippen molar-refractivity contribution < 1.29 is 14.7 Å². The molecular weight excluding hydrogens is 354 g/mol. The minimum atomic E-state index is -0.392. The number of anilines is 1. The van der Waals surface area contributed by atoms with Gasteiger partial charge < -0.3 is 14.9 Å². The van der Waals surface area contributed by atoms with E-state index in [1.165, 1.54) is 0 Å². The van der Waals surface area contributed by atoms with Crippen molar-refractivity contribution in [1.29, 1.82) is 0 Å². The van der Waals surface area contributed by atoms with Gasteiger partial charge in [0.1, 0.15) is 5.75 Å². The molecule has 0 bridgehead atoms. The summed E-state index contributed by atoms with van der Waals surface area (Å²) < 4.78 is 0. The van der Waals surface area contributed by atoms with Crippen LogP contribution in [0.5, 0.6) is 5.75 Å². The standard InChI is InChI=1S/C22H21N3O3/c1-24(13-16-5-2-4-15-12-23-9-8-20(15)16)22(28)17-10-21(27)25(14-17)18-6-3-7-19(26)11-18/h2-9,11-12,17,26H,10,13-14H2,1H3. The summed E-state index contributed by atoms with van der Waals surface area (Å²) in [4.78, 5) is 32.8. The maximum Gasteiger partial charge on any atom is 0.228 e. The van der Waals surface area contributed by atoms with Crippen LogP contribution in [0.25, 0.3) is 10.8 Å². The topological polar surface area (TPSA) is 73.7 Å². The number of nitrogens with zero attached hydrogens (tertiary/aromatic N) is 3. The second-order valence-corrected chi connectivity index (χ2v) is 7.13. The van der Waals surface area contributed by atoms with Crippen LogP contribution in [0.4, 0.5) is 5.69 Å². The number of aromatic hydroxyl groups is 1. The molecular formula is C22H21N3O3. The molecule has 0 saturated carbocycles. The van der Waals surface area contributed by atoms with Crippen molar-refractivity contribution in [3.63, 3.8) is 0 Å². The van der Waals surface area contributed by atoms with Crippen LogP contribution in [0.15, 0.2) is 60.9 Å². The molecule has 3 aromatic rings. The lowest BCUT2D eigenvalue weighted by atomic mass is 10.0. The van der Waals surface area contributed by atoms with E-state index < -0.39 is 5.92 Å². The zero-order chi connectivity index (χ0) is 19.7. The summed E-state index contributed by atoms with van der Waals surface area (Å²) in [6.45, 7) is 0.794. The Morgan fingerprint density at radius 1 is 1.25 bits per heavy atom. The molecule has 1 aromatic heterocycles. The third-order valence-corrected chi connectivity index (χ3v) is 5.17. The summed E-state index contributed by atoms with van der Waals surface area (Å²) in [6.07, 6.45) is 3.73. The lowest BCUT2D eigenvalue weighted by Gasteiger charge is -2.22. The largest absolute Gasteiger partial charge is 0.508 e. The third kappa shape index (κ3) is 3.41. The number of amides is 2. The summed E-state index contributed by atoms with van der Waals surface area (Å²) in [5, 5.41) is 11.8. The Morgan fingerprint density at radius 2 is 2.07 bits per heavy atom. The molecule has 2 heterocycles. The van der Waals surface area contributed by atoms with Crippen LogP contribution < -0.4 is 4.90 Å². The zero-order valence-corrected chi connectivity index (χ0v) is 15.6. The van der Waals surface area contributed by atoms with Gasteiger partial charge in [0.2, 0.25) is 11.8 Å². The van der Waals surface area contributed by atoms with Gasteiger partial charge in [-0.05, 0) is 29.1 Å². The van der Waals surface area contributed by atoms with Crippen LogP contribution in [0.2, 0.25) is 0 Å². The summed E-state index contributed by atoms with van der Waals surface area (Å²) in [6, 6.07) is 14.5. The molecule has 28 heavy (non-hydrogen) atoms. The van der Waals surface area contributed by atoms with Crippen molar-refractivity contribution in [1.82, 2.24) is 9.88 Å². The second-order valence-electron chi connectivity index (χ2n) is 7.13. The number of aromatic nitrogens is 1. The van der Waals surface area contributed by atoms with Gasteiger partial charge in [-0.15, -0.1) is 0 Å². The number of rotatable bonds is 4. The molecule has 2 aromatic carbocycles. The van der Waals surface area contributed by atoms with Crippen LogP contribution in [0, 0.1) is 5.92 Å². The van der Waals surface area contributed by atoms with E-state index in [0.717, 1.165) is 16.3 Å². The van der Waals surface area contributed by atoms with Gasteiger partial charge in [-0.25, -0.2) is 0 Å². The first kappa shape index (κ1) is 18.0. The van der Waals surface area contributed by atoms with Gasteiger partial charge in [0.15, 0.2) is 0 Å². The van der Waals surface area contributed by atoms with Crippen molar-refractivity contribution in [2.45, 2.75) is 13.0 Å². The van der Waals surface area contributed by atoms with Crippen molar-refractivity contribution in [3.8, 4) is 5.75 Å². The third-order valence-electron chi connectivity index (χ3n) is 5.17. The Morgan fingerprint density at radius 3 is 2.89 bits per heavy atom. The number of hydrogen-bond donors (Lipinski definition) is 1. The van der Waals surface area contributed by atoms with Crippen molar-refractivity contribution >= 4 is 28.3 Å². The van der Waals surface area contributed by atoms with Crippen LogP contribution in [-0.4, -0.2) is 40.4 Å². The Balaban J connectivity index is 1.49. The lowest BCUT2D eigenvalue weighted by molar-refractivity contribution is -0.135. The van der Waals surface area contributed by atoms with E-state index >= 15 is 0 Å². The highest BCUT2D eigenvalue weighted by molar-refractivity contribution is 6.00. The quantitative estimate of drug-likeness (QED) is 0.761. The average molecular weight is 375 g/mol. The first-order valence-corrected chi connectivity index (χ1v) is 9.19. The highest BCUT2D eigenvalue weighted by atomic mass is 16.3. The number of pyridine rings is 1. The van der Waals surface area contributed by atoms with Gasteiger partial charge in [-0.2, -0.15) is 0 Å².